The van der Waals surface area contributed by atoms with E-state index < -0.39 is 12.0 Å². The molecule has 1 aromatic carbocycles. The van der Waals surface area contributed by atoms with Crippen molar-refractivity contribution in [3.63, 3.8) is 0 Å². The summed E-state index contributed by atoms with van der Waals surface area (Å²) in [6, 6.07) is 4.58. The third-order valence-corrected chi connectivity index (χ3v) is 4.46. The van der Waals surface area contributed by atoms with E-state index in [1.807, 2.05) is 6.07 Å². The second kappa shape index (κ2) is 7.14. The fourth-order valence-electron chi connectivity index (χ4n) is 2.58. The summed E-state index contributed by atoms with van der Waals surface area (Å²) in [5.74, 6) is -1.04. The number of rotatable bonds is 4. The van der Waals surface area contributed by atoms with Gasteiger partial charge >= 0.3 is 5.97 Å². The summed E-state index contributed by atoms with van der Waals surface area (Å²) in [6.07, 6.45) is 3.06. The van der Waals surface area contributed by atoms with Crippen molar-refractivity contribution in [3.05, 3.63) is 33.8 Å². The van der Waals surface area contributed by atoms with Crippen LogP contribution in [0.15, 0.2) is 18.2 Å². The number of carbonyl (C=O) groups excluding carboxylic acids is 1. The standard InChI is InChI=1S/C15H17Cl2NO3/c16-11-6-4-10(9-12(11)17)5-7-14(19)18-8-2-1-3-13(18)15(20)21/h4,6,9,13H,1-3,5,7-8H2,(H,20,21)/t13-/m1/s1. The molecule has 0 unspecified atom stereocenters. The molecule has 0 radical (unpaired) electrons. The highest BCUT2D eigenvalue weighted by molar-refractivity contribution is 6.42. The maximum atomic E-state index is 12.2. The van der Waals surface area contributed by atoms with Crippen molar-refractivity contribution in [2.45, 2.75) is 38.1 Å². The third-order valence-electron chi connectivity index (χ3n) is 3.72. The van der Waals surface area contributed by atoms with Crippen molar-refractivity contribution in [1.29, 1.82) is 0 Å². The average molecular weight is 330 g/mol. The first kappa shape index (κ1) is 16.1. The molecular formula is C15H17Cl2NO3. The van der Waals surface area contributed by atoms with Crippen LogP contribution in [0.25, 0.3) is 0 Å². The number of halogens is 2. The van der Waals surface area contributed by atoms with Crippen LogP contribution in [-0.4, -0.2) is 34.5 Å². The van der Waals surface area contributed by atoms with Crippen LogP contribution in [0.5, 0.6) is 0 Å². The van der Waals surface area contributed by atoms with Gasteiger partial charge in [0.1, 0.15) is 6.04 Å². The molecule has 1 aliphatic rings. The van der Waals surface area contributed by atoms with Crippen molar-refractivity contribution in [3.8, 4) is 0 Å². The zero-order valence-corrected chi connectivity index (χ0v) is 13.0. The zero-order chi connectivity index (χ0) is 15.4. The van der Waals surface area contributed by atoms with Crippen LogP contribution in [0.3, 0.4) is 0 Å². The molecule has 0 saturated carbocycles. The van der Waals surface area contributed by atoms with E-state index >= 15 is 0 Å². The molecule has 1 fully saturated rings. The number of carboxylic acid groups (broad SMARTS) is 1. The molecule has 114 valence electrons. The van der Waals surface area contributed by atoms with E-state index in [-0.39, 0.29) is 12.3 Å². The Morgan fingerprint density at radius 1 is 1.24 bits per heavy atom. The highest BCUT2D eigenvalue weighted by Crippen LogP contribution is 2.24. The fourth-order valence-corrected chi connectivity index (χ4v) is 2.90. The maximum Gasteiger partial charge on any atom is 0.326 e. The number of aliphatic carboxylic acids is 1. The number of likely N-dealkylation sites (tertiary alicyclic amines) is 1. The molecule has 0 bridgehead atoms. The Morgan fingerprint density at radius 2 is 2.00 bits per heavy atom. The SMILES string of the molecule is O=C(O)[C@H]1CCCCN1C(=O)CCc1ccc(Cl)c(Cl)c1. The van der Waals surface area contributed by atoms with Gasteiger partial charge in [0.15, 0.2) is 0 Å². The smallest absolute Gasteiger partial charge is 0.326 e. The summed E-state index contributed by atoms with van der Waals surface area (Å²) in [4.78, 5) is 24.9. The molecule has 0 aliphatic carbocycles. The van der Waals surface area contributed by atoms with Crippen LogP contribution in [0.2, 0.25) is 10.0 Å². The Morgan fingerprint density at radius 3 is 2.67 bits per heavy atom. The quantitative estimate of drug-likeness (QED) is 0.921. The van der Waals surface area contributed by atoms with Crippen LogP contribution in [-0.2, 0) is 16.0 Å². The molecule has 1 aliphatic heterocycles. The number of nitrogens with zero attached hydrogens (tertiary/aromatic N) is 1. The summed E-state index contributed by atoms with van der Waals surface area (Å²) < 4.78 is 0. The lowest BCUT2D eigenvalue weighted by atomic mass is 10.0. The van der Waals surface area contributed by atoms with Gasteiger partial charge in [0.05, 0.1) is 10.0 Å². The molecule has 1 heterocycles. The molecule has 1 N–H and O–H groups in total. The summed E-state index contributed by atoms with van der Waals surface area (Å²) in [7, 11) is 0. The minimum absolute atomic E-state index is 0.117. The molecule has 0 aromatic heterocycles. The molecule has 0 spiro atoms. The van der Waals surface area contributed by atoms with E-state index in [0.717, 1.165) is 18.4 Å². The molecule has 1 saturated heterocycles. The highest BCUT2D eigenvalue weighted by Gasteiger charge is 2.31. The molecule has 4 nitrogen and oxygen atoms in total. The second-order valence-electron chi connectivity index (χ2n) is 5.19. The predicted octanol–water partition coefficient (Wildman–Crippen LogP) is 3.39. The average Bonchev–Trinajstić information content (AvgIpc) is 2.48. The van der Waals surface area contributed by atoms with Crippen molar-refractivity contribution in [1.82, 2.24) is 4.90 Å². The predicted molar refractivity (Wildman–Crippen MR) is 81.8 cm³/mol. The van der Waals surface area contributed by atoms with E-state index in [1.165, 1.54) is 4.90 Å². The van der Waals surface area contributed by atoms with Gasteiger partial charge in [-0.15, -0.1) is 0 Å². The summed E-state index contributed by atoms with van der Waals surface area (Å²) in [6.45, 7) is 0.525. The molecule has 1 atom stereocenters. The number of benzene rings is 1. The third kappa shape index (κ3) is 4.11. The van der Waals surface area contributed by atoms with Gasteiger partial charge in [0, 0.05) is 13.0 Å². The van der Waals surface area contributed by atoms with E-state index in [4.69, 9.17) is 23.2 Å². The summed E-state index contributed by atoms with van der Waals surface area (Å²) >= 11 is 11.8. The Labute approximate surface area is 133 Å². The number of amides is 1. The number of aryl methyl sites for hydroxylation is 1. The van der Waals surface area contributed by atoms with E-state index in [1.54, 1.807) is 12.1 Å². The first-order chi connectivity index (χ1) is 9.99. The van der Waals surface area contributed by atoms with Crippen molar-refractivity contribution >= 4 is 35.1 Å². The minimum Gasteiger partial charge on any atom is -0.480 e. The zero-order valence-electron chi connectivity index (χ0n) is 11.5. The normalized spacial score (nSPS) is 18.6. The van der Waals surface area contributed by atoms with Gasteiger partial charge < -0.3 is 10.0 Å². The largest absolute Gasteiger partial charge is 0.480 e. The van der Waals surface area contributed by atoms with Crippen LogP contribution in [0.1, 0.15) is 31.2 Å². The minimum atomic E-state index is -0.919. The molecule has 2 rings (SSSR count). The second-order valence-corrected chi connectivity index (χ2v) is 6.00. The maximum absolute atomic E-state index is 12.2. The molecule has 1 amide bonds. The Bertz CT molecular complexity index is 548. The van der Waals surface area contributed by atoms with Gasteiger partial charge in [-0.2, -0.15) is 0 Å². The summed E-state index contributed by atoms with van der Waals surface area (Å²) in [5.41, 5.74) is 0.918. The first-order valence-corrected chi connectivity index (χ1v) is 7.71. The van der Waals surface area contributed by atoms with Crippen molar-refractivity contribution < 1.29 is 14.7 Å². The topological polar surface area (TPSA) is 57.6 Å². The lowest BCUT2D eigenvalue weighted by molar-refractivity contribution is -0.152. The van der Waals surface area contributed by atoms with E-state index in [2.05, 4.69) is 0 Å². The van der Waals surface area contributed by atoms with Crippen LogP contribution in [0, 0.1) is 0 Å². The fraction of sp³-hybridized carbons (Fsp3) is 0.467. The number of hydrogen-bond donors (Lipinski definition) is 1. The Kier molecular flexibility index (Phi) is 5.48. The van der Waals surface area contributed by atoms with Gasteiger partial charge in [-0.1, -0.05) is 29.3 Å². The lowest BCUT2D eigenvalue weighted by Gasteiger charge is -2.33. The monoisotopic (exact) mass is 329 g/mol. The number of hydrogen-bond acceptors (Lipinski definition) is 2. The van der Waals surface area contributed by atoms with Gasteiger partial charge in [0.25, 0.3) is 0 Å². The Balaban J connectivity index is 1.96. The molecule has 1 aromatic rings. The van der Waals surface area contributed by atoms with Gasteiger partial charge in [-0.25, -0.2) is 4.79 Å². The molecule has 6 heteroatoms. The van der Waals surface area contributed by atoms with Gasteiger partial charge in [-0.05, 0) is 43.4 Å². The van der Waals surface area contributed by atoms with Crippen LogP contribution < -0.4 is 0 Å². The van der Waals surface area contributed by atoms with E-state index in [9.17, 15) is 14.7 Å². The highest BCUT2D eigenvalue weighted by atomic mass is 35.5. The van der Waals surface area contributed by atoms with Gasteiger partial charge in [0.2, 0.25) is 5.91 Å². The number of carbonyl (C=O) groups is 2. The number of piperidine rings is 1. The lowest BCUT2D eigenvalue weighted by Crippen LogP contribution is -2.48. The van der Waals surface area contributed by atoms with Crippen molar-refractivity contribution in [2.75, 3.05) is 6.54 Å². The van der Waals surface area contributed by atoms with E-state index in [0.29, 0.717) is 29.4 Å². The summed E-state index contributed by atoms with van der Waals surface area (Å²) in [5, 5.41) is 10.1. The number of carboxylic acids is 1. The van der Waals surface area contributed by atoms with Crippen molar-refractivity contribution in [2.24, 2.45) is 0 Å². The molecule has 21 heavy (non-hydrogen) atoms. The molecular weight excluding hydrogens is 313 g/mol. The first-order valence-electron chi connectivity index (χ1n) is 6.95. The van der Waals surface area contributed by atoms with Gasteiger partial charge in [-0.3, -0.25) is 4.79 Å². The van der Waals surface area contributed by atoms with Crippen LogP contribution >= 0.6 is 23.2 Å². The van der Waals surface area contributed by atoms with Crippen LogP contribution in [0.4, 0.5) is 0 Å². The Hall–Kier alpha value is -1.26.